The summed E-state index contributed by atoms with van der Waals surface area (Å²) in [7, 11) is 0. The number of hydrogen-bond acceptors (Lipinski definition) is 3. The summed E-state index contributed by atoms with van der Waals surface area (Å²) in [6.07, 6.45) is 5.54. The Hall–Kier alpha value is -1.63. The van der Waals surface area contributed by atoms with Gasteiger partial charge in [0.15, 0.2) is 0 Å². The number of urea groups is 1. The average molecular weight is 342 g/mol. The maximum absolute atomic E-state index is 11.9. The Labute approximate surface area is 125 Å². The summed E-state index contributed by atoms with van der Waals surface area (Å²) >= 11 is 3.22. The fourth-order valence-corrected chi connectivity index (χ4v) is 2.78. The summed E-state index contributed by atoms with van der Waals surface area (Å²) < 4.78 is 0.491. The van der Waals surface area contributed by atoms with E-state index in [0.29, 0.717) is 10.2 Å². The SMILES string of the molecule is O=C(Nc1ccc([N+](=O)[O-])cc1Br)NC1CCCCC1. The highest BCUT2D eigenvalue weighted by Crippen LogP contribution is 2.27. The van der Waals surface area contributed by atoms with Crippen LogP contribution < -0.4 is 10.6 Å². The minimum atomic E-state index is -0.476. The molecule has 0 bridgehead atoms. The summed E-state index contributed by atoms with van der Waals surface area (Å²) in [6.45, 7) is 0. The number of rotatable bonds is 3. The monoisotopic (exact) mass is 341 g/mol. The number of benzene rings is 1. The average Bonchev–Trinajstić information content (AvgIpc) is 2.42. The van der Waals surface area contributed by atoms with Crippen LogP contribution in [-0.4, -0.2) is 17.0 Å². The second-order valence-corrected chi connectivity index (χ2v) is 5.71. The van der Waals surface area contributed by atoms with Gasteiger partial charge in [0, 0.05) is 22.6 Å². The second-order valence-electron chi connectivity index (χ2n) is 4.85. The summed E-state index contributed by atoms with van der Waals surface area (Å²) in [5.41, 5.74) is 0.499. The fraction of sp³-hybridized carbons (Fsp3) is 0.462. The molecule has 1 aliphatic carbocycles. The van der Waals surface area contributed by atoms with Crippen LogP contribution in [0.5, 0.6) is 0 Å². The van der Waals surface area contributed by atoms with Crippen LogP contribution in [0, 0.1) is 10.1 Å². The van der Waals surface area contributed by atoms with Gasteiger partial charge in [-0.1, -0.05) is 19.3 Å². The molecule has 0 radical (unpaired) electrons. The van der Waals surface area contributed by atoms with Crippen molar-refractivity contribution < 1.29 is 9.72 Å². The summed E-state index contributed by atoms with van der Waals surface area (Å²) in [6, 6.07) is 4.20. The first kappa shape index (κ1) is 14.8. The van der Waals surface area contributed by atoms with Gasteiger partial charge in [0.1, 0.15) is 0 Å². The van der Waals surface area contributed by atoms with Crippen LogP contribution in [0.4, 0.5) is 16.2 Å². The van der Waals surface area contributed by atoms with Crippen molar-refractivity contribution in [3.05, 3.63) is 32.8 Å². The van der Waals surface area contributed by atoms with Crippen molar-refractivity contribution in [1.29, 1.82) is 0 Å². The predicted molar refractivity (Wildman–Crippen MR) is 79.8 cm³/mol. The number of nitro benzene ring substituents is 1. The van der Waals surface area contributed by atoms with Crippen LogP contribution in [0.2, 0.25) is 0 Å². The zero-order valence-corrected chi connectivity index (χ0v) is 12.5. The van der Waals surface area contributed by atoms with Crippen LogP contribution in [0.3, 0.4) is 0 Å². The molecule has 2 N–H and O–H groups in total. The zero-order valence-electron chi connectivity index (χ0n) is 10.9. The molecule has 1 aromatic carbocycles. The van der Waals surface area contributed by atoms with Gasteiger partial charge in [-0.15, -0.1) is 0 Å². The van der Waals surface area contributed by atoms with Crippen LogP contribution in [0.25, 0.3) is 0 Å². The normalized spacial score (nSPS) is 15.7. The van der Waals surface area contributed by atoms with Gasteiger partial charge in [0.25, 0.3) is 5.69 Å². The van der Waals surface area contributed by atoms with E-state index in [4.69, 9.17) is 0 Å². The third-order valence-electron chi connectivity index (χ3n) is 3.35. The van der Waals surface area contributed by atoms with Crippen LogP contribution in [0.1, 0.15) is 32.1 Å². The van der Waals surface area contributed by atoms with Gasteiger partial charge in [0.2, 0.25) is 0 Å². The molecule has 0 aromatic heterocycles. The van der Waals surface area contributed by atoms with E-state index < -0.39 is 4.92 Å². The molecule has 108 valence electrons. The molecule has 2 rings (SSSR count). The molecule has 1 aromatic rings. The van der Waals surface area contributed by atoms with E-state index in [1.807, 2.05) is 0 Å². The van der Waals surface area contributed by atoms with Crippen molar-refractivity contribution in [2.75, 3.05) is 5.32 Å². The van der Waals surface area contributed by atoms with E-state index in [2.05, 4.69) is 26.6 Å². The molecule has 1 aliphatic rings. The Kier molecular flexibility index (Phi) is 4.94. The number of halogens is 1. The van der Waals surface area contributed by atoms with E-state index in [1.54, 1.807) is 0 Å². The van der Waals surface area contributed by atoms with Crippen molar-refractivity contribution in [2.24, 2.45) is 0 Å². The molecule has 1 fully saturated rings. The lowest BCUT2D eigenvalue weighted by Gasteiger charge is -2.23. The third-order valence-corrected chi connectivity index (χ3v) is 4.01. The number of nitrogens with one attached hydrogen (secondary N) is 2. The Morgan fingerprint density at radius 2 is 2.00 bits per heavy atom. The van der Waals surface area contributed by atoms with Crippen LogP contribution in [-0.2, 0) is 0 Å². The van der Waals surface area contributed by atoms with Crippen molar-refractivity contribution in [1.82, 2.24) is 5.32 Å². The van der Waals surface area contributed by atoms with E-state index in [9.17, 15) is 14.9 Å². The molecule has 0 saturated heterocycles. The number of hydrogen-bond donors (Lipinski definition) is 2. The lowest BCUT2D eigenvalue weighted by Crippen LogP contribution is -2.39. The highest BCUT2D eigenvalue weighted by Gasteiger charge is 2.16. The van der Waals surface area contributed by atoms with E-state index in [-0.39, 0.29) is 17.8 Å². The molecule has 0 unspecified atom stereocenters. The highest BCUT2D eigenvalue weighted by molar-refractivity contribution is 9.10. The molecule has 1 saturated carbocycles. The molecule has 0 atom stereocenters. The van der Waals surface area contributed by atoms with Crippen LogP contribution in [0.15, 0.2) is 22.7 Å². The van der Waals surface area contributed by atoms with Gasteiger partial charge < -0.3 is 10.6 Å². The summed E-state index contributed by atoms with van der Waals surface area (Å²) in [4.78, 5) is 22.0. The second kappa shape index (κ2) is 6.69. The fourth-order valence-electron chi connectivity index (χ4n) is 2.31. The van der Waals surface area contributed by atoms with E-state index in [1.165, 1.54) is 24.6 Å². The topological polar surface area (TPSA) is 84.3 Å². The molecular formula is C13H16BrN3O3. The maximum Gasteiger partial charge on any atom is 0.319 e. The third kappa shape index (κ3) is 3.93. The number of nitrogens with zero attached hydrogens (tertiary/aromatic N) is 1. The number of anilines is 1. The molecule has 6 nitrogen and oxygen atoms in total. The van der Waals surface area contributed by atoms with Gasteiger partial charge in [-0.05, 0) is 34.8 Å². The first-order valence-corrected chi connectivity index (χ1v) is 7.37. The Bertz CT molecular complexity index is 516. The van der Waals surface area contributed by atoms with Crippen molar-refractivity contribution >= 4 is 33.3 Å². The molecule has 20 heavy (non-hydrogen) atoms. The van der Waals surface area contributed by atoms with Gasteiger partial charge in [-0.3, -0.25) is 10.1 Å². The van der Waals surface area contributed by atoms with Gasteiger partial charge in [-0.25, -0.2) is 4.79 Å². The number of non-ortho nitro benzene ring substituents is 1. The molecule has 0 spiro atoms. The van der Waals surface area contributed by atoms with Crippen molar-refractivity contribution in [3.8, 4) is 0 Å². The maximum atomic E-state index is 11.9. The molecule has 2 amide bonds. The van der Waals surface area contributed by atoms with Crippen molar-refractivity contribution in [2.45, 2.75) is 38.1 Å². The zero-order chi connectivity index (χ0) is 14.5. The van der Waals surface area contributed by atoms with Gasteiger partial charge in [-0.2, -0.15) is 0 Å². The first-order chi connectivity index (χ1) is 9.56. The van der Waals surface area contributed by atoms with E-state index in [0.717, 1.165) is 25.7 Å². The quantitative estimate of drug-likeness (QED) is 0.647. The standard InChI is InChI=1S/C13H16BrN3O3/c14-11-8-10(17(19)20)6-7-12(11)16-13(18)15-9-4-2-1-3-5-9/h6-9H,1-5H2,(H2,15,16,18). The Morgan fingerprint density at radius 1 is 1.30 bits per heavy atom. The molecular weight excluding hydrogens is 326 g/mol. The van der Waals surface area contributed by atoms with Crippen LogP contribution >= 0.6 is 15.9 Å². The number of amides is 2. The van der Waals surface area contributed by atoms with Crippen molar-refractivity contribution in [3.63, 3.8) is 0 Å². The largest absolute Gasteiger partial charge is 0.335 e. The Balaban J connectivity index is 1.95. The minimum absolute atomic E-state index is 0.0184. The number of carbonyl (C=O) groups excluding carboxylic acids is 1. The molecule has 7 heteroatoms. The van der Waals surface area contributed by atoms with Gasteiger partial charge >= 0.3 is 6.03 Å². The summed E-state index contributed by atoms with van der Waals surface area (Å²) in [5.74, 6) is 0. The predicted octanol–water partition coefficient (Wildman–Crippen LogP) is 3.81. The first-order valence-electron chi connectivity index (χ1n) is 6.58. The number of nitro groups is 1. The summed E-state index contributed by atoms with van der Waals surface area (Å²) in [5, 5.41) is 16.3. The minimum Gasteiger partial charge on any atom is -0.335 e. The highest BCUT2D eigenvalue weighted by atomic mass is 79.9. The number of carbonyl (C=O) groups is 1. The lowest BCUT2D eigenvalue weighted by atomic mass is 9.96. The Morgan fingerprint density at radius 3 is 2.60 bits per heavy atom. The van der Waals surface area contributed by atoms with E-state index >= 15 is 0 Å². The smallest absolute Gasteiger partial charge is 0.319 e. The van der Waals surface area contributed by atoms with Gasteiger partial charge in [0.05, 0.1) is 10.6 Å². The lowest BCUT2D eigenvalue weighted by molar-refractivity contribution is -0.384. The molecule has 0 heterocycles. The molecule has 0 aliphatic heterocycles.